The highest BCUT2D eigenvalue weighted by Crippen LogP contribution is 2.48. The van der Waals surface area contributed by atoms with Crippen LogP contribution in [-0.4, -0.2) is 125 Å². The number of nitrogens with zero attached hydrogens (tertiary/aromatic N) is 7. The number of piperazine rings is 1. The van der Waals surface area contributed by atoms with E-state index in [4.69, 9.17) is 18.1 Å². The van der Waals surface area contributed by atoms with Crippen molar-refractivity contribution in [2.24, 2.45) is 22.7 Å². The van der Waals surface area contributed by atoms with Crippen LogP contribution in [0.4, 0.5) is 5.69 Å². The summed E-state index contributed by atoms with van der Waals surface area (Å²) < 4.78 is 2.62. The Labute approximate surface area is 482 Å². The Bertz CT molecular complexity index is 2910. The smallest absolute Gasteiger partial charge is 0.0707 e. The number of pyridine rings is 1. The van der Waals surface area contributed by atoms with Gasteiger partial charge in [0.25, 0.3) is 0 Å². The van der Waals surface area contributed by atoms with Crippen molar-refractivity contribution in [3.63, 3.8) is 0 Å². The summed E-state index contributed by atoms with van der Waals surface area (Å²) in [5.41, 5.74) is 20.9. The van der Waals surface area contributed by atoms with Crippen LogP contribution in [0.1, 0.15) is 148 Å². The maximum absolute atomic E-state index is 5.33. The van der Waals surface area contributed by atoms with Crippen LogP contribution in [0.25, 0.3) is 33.3 Å². The minimum atomic E-state index is -0.000638. The molecular weight excluding hydrogens is 981 g/mol. The van der Waals surface area contributed by atoms with E-state index in [2.05, 4.69) is 148 Å². The molecule has 2 saturated carbocycles. The Hall–Kier alpha value is -4.87. The monoisotopic (exact) mass is 1080 g/mol. The van der Waals surface area contributed by atoms with E-state index >= 15 is 0 Å². The van der Waals surface area contributed by atoms with Crippen molar-refractivity contribution in [3.8, 4) is 22.4 Å². The molecule has 12 rings (SSSR count). The van der Waals surface area contributed by atoms with E-state index in [9.17, 15) is 0 Å². The number of rotatable bonds is 22. The van der Waals surface area contributed by atoms with Crippen molar-refractivity contribution in [1.29, 1.82) is 0 Å². The fraction of sp³-hybridized carbons (Fsp3) is 0.614. The summed E-state index contributed by atoms with van der Waals surface area (Å²) in [7, 11) is 0. The summed E-state index contributed by atoms with van der Waals surface area (Å²) in [6.07, 6.45) is 24.0. The van der Waals surface area contributed by atoms with Gasteiger partial charge in [-0.3, -0.25) is 14.8 Å². The molecule has 5 unspecified atom stereocenters. The Balaban J connectivity index is 0.840. The molecule has 80 heavy (non-hydrogen) atoms. The van der Waals surface area contributed by atoms with Crippen LogP contribution in [0.3, 0.4) is 0 Å². The molecule has 2 aromatic heterocycles. The number of nitrogens with one attached hydrogen (secondary N) is 3. The SMILES string of the molecule is C=C(C)CCC(C)(C)Cc1c(-c2cc(N3CCN4CCCCC4C3)cnc2CC)n(CC)c2ccc(-c3cccc(CC(NC(=C)C(C4CCCC4)N4CCCC5(CN(C(=C)C6NC6C6CC6)C5)C4)C(=C)N4CCCCN4)c3)cc12. The lowest BCUT2D eigenvalue weighted by Crippen LogP contribution is -2.64. The van der Waals surface area contributed by atoms with Crippen molar-refractivity contribution < 1.29 is 0 Å². The van der Waals surface area contributed by atoms with Crippen LogP contribution in [0, 0.1) is 22.7 Å². The number of aryl methyl sites for hydroxylation is 2. The molecular formula is C70H100N10. The molecule has 5 atom stereocenters. The highest BCUT2D eigenvalue weighted by molar-refractivity contribution is 5.95. The zero-order valence-corrected chi connectivity index (χ0v) is 50.2. The number of hydrazine groups is 1. The van der Waals surface area contributed by atoms with Crippen LogP contribution in [0.15, 0.2) is 104 Å². The number of allylic oxidation sites excluding steroid dienone is 1. The van der Waals surface area contributed by atoms with E-state index in [-0.39, 0.29) is 11.5 Å². The summed E-state index contributed by atoms with van der Waals surface area (Å²) in [5.74, 6) is 1.52. The van der Waals surface area contributed by atoms with Crippen molar-refractivity contribution in [1.82, 2.24) is 45.3 Å². The first-order chi connectivity index (χ1) is 38.8. The lowest BCUT2D eigenvalue weighted by Gasteiger charge is -2.57. The van der Waals surface area contributed by atoms with E-state index in [1.54, 1.807) is 0 Å². The van der Waals surface area contributed by atoms with Gasteiger partial charge in [-0.1, -0.05) is 95.7 Å². The highest BCUT2D eigenvalue weighted by Gasteiger charge is 2.54. The predicted molar refractivity (Wildman–Crippen MR) is 335 cm³/mol. The Morgan fingerprint density at radius 3 is 2.41 bits per heavy atom. The molecule has 430 valence electrons. The zero-order chi connectivity index (χ0) is 55.3. The molecule has 8 aliphatic rings. The summed E-state index contributed by atoms with van der Waals surface area (Å²) in [6.45, 7) is 42.7. The third kappa shape index (κ3) is 11.7. The molecule has 10 nitrogen and oxygen atoms in total. The summed E-state index contributed by atoms with van der Waals surface area (Å²) in [6, 6.07) is 21.5. The number of fused-ring (bicyclic) bond motifs is 2. The highest BCUT2D eigenvalue weighted by atomic mass is 15.5. The van der Waals surface area contributed by atoms with Gasteiger partial charge in [0.1, 0.15) is 0 Å². The van der Waals surface area contributed by atoms with E-state index < -0.39 is 0 Å². The zero-order valence-electron chi connectivity index (χ0n) is 50.2. The standard InChI is InChI=1S/C70H100N10/c1-10-62-60(41-58(43-71-62)76-37-36-75-33-16-14-24-57(75)44-76)68-61(42-69(8,9)31-29-48(3)4)59-40-56(27-28-64(59)79(68)11-2)55-23-18-20-52(38-55)39-63(50(6)80-35-17-15-32-72-80)73-49(5)67(54-21-12-13-22-54)77-34-19-30-70(45-77)46-78(47-70)51(7)65-66(74-65)53-25-26-53/h18,20,23,27-28,38,40-41,43,53-54,57,63,65-67,72-74H,3,5-7,10-17,19,21-22,24-26,29-37,39,42,44-47H2,1-2,4,8-9H3. The van der Waals surface area contributed by atoms with Crippen LogP contribution in [0.2, 0.25) is 0 Å². The molecule has 6 aliphatic heterocycles. The normalized spacial score (nSPS) is 24.4. The second-order valence-electron chi connectivity index (χ2n) is 27.6. The third-order valence-corrected chi connectivity index (χ3v) is 20.9. The van der Waals surface area contributed by atoms with Crippen molar-refractivity contribution in [2.45, 2.75) is 187 Å². The molecule has 4 aromatic rings. The number of hydrogen-bond acceptors (Lipinski definition) is 9. The average Bonchev–Trinajstić information content (AvgIpc) is 4.18. The van der Waals surface area contributed by atoms with Gasteiger partial charge in [0.05, 0.1) is 35.7 Å². The second-order valence-corrected chi connectivity index (χ2v) is 27.6. The number of aromatic nitrogens is 2. The number of likely N-dealkylation sites (tertiary alicyclic amines) is 2. The molecule has 3 N–H and O–H groups in total. The van der Waals surface area contributed by atoms with Gasteiger partial charge in [0.15, 0.2) is 0 Å². The summed E-state index contributed by atoms with van der Waals surface area (Å²) >= 11 is 0. The first-order valence-electron chi connectivity index (χ1n) is 32.2. The molecule has 0 radical (unpaired) electrons. The van der Waals surface area contributed by atoms with Crippen LogP contribution in [-0.2, 0) is 25.8 Å². The van der Waals surface area contributed by atoms with Crippen LogP contribution in [0.5, 0.6) is 0 Å². The van der Waals surface area contributed by atoms with Crippen molar-refractivity contribution in [2.75, 3.05) is 70.3 Å². The van der Waals surface area contributed by atoms with Crippen molar-refractivity contribution in [3.05, 3.63) is 121 Å². The fourth-order valence-corrected chi connectivity index (χ4v) is 16.2. The van der Waals surface area contributed by atoms with Gasteiger partial charge in [-0.05, 0) is 181 Å². The number of benzene rings is 2. The first kappa shape index (κ1) is 55.7. The number of anilines is 1. The van der Waals surface area contributed by atoms with Gasteiger partial charge >= 0.3 is 0 Å². The Kier molecular flexibility index (Phi) is 16.3. The van der Waals surface area contributed by atoms with Gasteiger partial charge < -0.3 is 30.0 Å². The fourth-order valence-electron chi connectivity index (χ4n) is 16.2. The predicted octanol–water partition coefficient (Wildman–Crippen LogP) is 12.9. The number of piperidine rings is 2. The quantitative estimate of drug-likeness (QED) is 0.0527. The van der Waals surface area contributed by atoms with Gasteiger partial charge in [0.2, 0.25) is 0 Å². The lowest BCUT2D eigenvalue weighted by atomic mass is 9.72. The second kappa shape index (κ2) is 23.4. The van der Waals surface area contributed by atoms with Crippen LogP contribution >= 0.6 is 0 Å². The number of hydrogen-bond donors (Lipinski definition) is 3. The molecule has 10 heteroatoms. The molecule has 2 aliphatic carbocycles. The lowest BCUT2D eigenvalue weighted by molar-refractivity contribution is -0.0516. The Morgan fingerprint density at radius 2 is 1.65 bits per heavy atom. The van der Waals surface area contributed by atoms with Gasteiger partial charge in [0, 0.05) is 116 Å². The van der Waals surface area contributed by atoms with E-state index in [1.165, 1.54) is 163 Å². The van der Waals surface area contributed by atoms with E-state index in [0.717, 1.165) is 109 Å². The van der Waals surface area contributed by atoms with Crippen LogP contribution < -0.4 is 21.0 Å². The first-order valence-corrected chi connectivity index (χ1v) is 32.2. The topological polar surface area (TPSA) is 80.0 Å². The van der Waals surface area contributed by atoms with Crippen molar-refractivity contribution >= 4 is 16.6 Å². The molecule has 6 saturated heterocycles. The molecule has 2 aromatic carbocycles. The third-order valence-electron chi connectivity index (χ3n) is 20.9. The molecule has 0 bridgehead atoms. The molecule has 0 amide bonds. The van der Waals surface area contributed by atoms with E-state index in [1.807, 2.05) is 0 Å². The van der Waals surface area contributed by atoms with Gasteiger partial charge in [-0.25, -0.2) is 5.43 Å². The average molecular weight is 1080 g/mol. The maximum atomic E-state index is 5.33. The Morgan fingerprint density at radius 1 is 0.850 bits per heavy atom. The molecule has 1 spiro atoms. The summed E-state index contributed by atoms with van der Waals surface area (Å²) in [5, 5.41) is 11.7. The summed E-state index contributed by atoms with van der Waals surface area (Å²) in [4.78, 5) is 16.2. The van der Waals surface area contributed by atoms with Gasteiger partial charge in [-0.15, -0.1) is 6.58 Å². The maximum Gasteiger partial charge on any atom is 0.0707 e. The largest absolute Gasteiger partial charge is 0.379 e. The molecule has 8 heterocycles. The minimum absolute atomic E-state index is 0.000638. The van der Waals surface area contributed by atoms with E-state index in [0.29, 0.717) is 35.5 Å². The van der Waals surface area contributed by atoms with Gasteiger partial charge in [-0.2, -0.15) is 0 Å². The molecule has 8 fully saturated rings. The minimum Gasteiger partial charge on any atom is -0.379 e.